The van der Waals surface area contributed by atoms with Crippen LogP contribution in [0.15, 0.2) is 30.3 Å². The highest BCUT2D eigenvalue weighted by atomic mass is 16.5. The van der Waals surface area contributed by atoms with Crippen molar-refractivity contribution in [3.63, 3.8) is 0 Å². The van der Waals surface area contributed by atoms with E-state index in [2.05, 4.69) is 5.32 Å². The zero-order valence-electron chi connectivity index (χ0n) is 14.7. The maximum atomic E-state index is 13.2. The minimum atomic E-state index is -0.626. The van der Waals surface area contributed by atoms with Gasteiger partial charge in [0, 0.05) is 26.3 Å². The second-order valence-corrected chi connectivity index (χ2v) is 6.69. The molecular weight excluding hydrogens is 320 g/mol. The molecule has 1 aromatic rings. The van der Waals surface area contributed by atoms with E-state index in [0.29, 0.717) is 52.4 Å². The number of benzene rings is 1. The van der Waals surface area contributed by atoms with Crippen molar-refractivity contribution in [1.29, 1.82) is 0 Å². The van der Waals surface area contributed by atoms with Gasteiger partial charge in [0.05, 0.1) is 18.6 Å². The summed E-state index contributed by atoms with van der Waals surface area (Å²) < 4.78 is 10.8. The first-order chi connectivity index (χ1) is 12.1. The Bertz CT molecular complexity index is 593. The van der Waals surface area contributed by atoms with Gasteiger partial charge >= 0.3 is 0 Å². The lowest BCUT2D eigenvalue weighted by molar-refractivity contribution is -0.141. The molecule has 0 unspecified atom stereocenters. The predicted molar refractivity (Wildman–Crippen MR) is 93.2 cm³/mol. The number of amides is 2. The molecule has 2 aliphatic rings. The number of nitrogens with zero attached hydrogens (tertiary/aromatic N) is 1. The molecule has 2 amide bonds. The second kappa shape index (κ2) is 7.97. The summed E-state index contributed by atoms with van der Waals surface area (Å²) in [5.74, 6) is -0.136. The van der Waals surface area contributed by atoms with Crippen LogP contribution in [0.4, 0.5) is 0 Å². The zero-order chi connectivity index (χ0) is 17.7. The number of rotatable bonds is 4. The van der Waals surface area contributed by atoms with E-state index >= 15 is 0 Å². The Kier molecular flexibility index (Phi) is 5.71. The molecular formula is C19H26N2O4. The van der Waals surface area contributed by atoms with Crippen molar-refractivity contribution in [1.82, 2.24) is 10.2 Å². The van der Waals surface area contributed by atoms with Crippen LogP contribution in [0.2, 0.25) is 0 Å². The van der Waals surface area contributed by atoms with Gasteiger partial charge in [0.2, 0.25) is 11.8 Å². The van der Waals surface area contributed by atoms with Crippen LogP contribution in [-0.4, -0.2) is 62.3 Å². The second-order valence-electron chi connectivity index (χ2n) is 6.69. The summed E-state index contributed by atoms with van der Waals surface area (Å²) in [5, 5.41) is 2.96. The highest BCUT2D eigenvalue weighted by Crippen LogP contribution is 2.35. The molecule has 1 N–H and O–H groups in total. The summed E-state index contributed by atoms with van der Waals surface area (Å²) in [7, 11) is 0. The molecule has 25 heavy (non-hydrogen) atoms. The molecule has 6 heteroatoms. The molecule has 3 rings (SSSR count). The van der Waals surface area contributed by atoms with Gasteiger partial charge in [-0.2, -0.15) is 0 Å². The fourth-order valence-electron chi connectivity index (χ4n) is 3.58. The minimum absolute atomic E-state index is 0.0491. The molecule has 2 fully saturated rings. The van der Waals surface area contributed by atoms with Crippen LogP contribution in [0.5, 0.6) is 0 Å². The quantitative estimate of drug-likeness (QED) is 0.886. The van der Waals surface area contributed by atoms with Gasteiger partial charge in [-0.05, 0) is 25.3 Å². The Balaban J connectivity index is 1.73. The zero-order valence-corrected chi connectivity index (χ0v) is 14.7. The van der Waals surface area contributed by atoms with E-state index in [1.165, 1.54) is 0 Å². The summed E-state index contributed by atoms with van der Waals surface area (Å²) in [4.78, 5) is 27.5. The third kappa shape index (κ3) is 3.85. The molecule has 1 aromatic carbocycles. The summed E-state index contributed by atoms with van der Waals surface area (Å²) in [5.41, 5.74) is 0.362. The van der Waals surface area contributed by atoms with Crippen LogP contribution in [0.3, 0.4) is 0 Å². The molecule has 0 aromatic heterocycles. The number of hydrogen-bond donors (Lipinski definition) is 1. The molecule has 0 radical (unpaired) electrons. The van der Waals surface area contributed by atoms with Crippen LogP contribution in [0.25, 0.3) is 0 Å². The Morgan fingerprint density at radius 1 is 1.04 bits per heavy atom. The van der Waals surface area contributed by atoms with Crippen molar-refractivity contribution in [3.05, 3.63) is 35.9 Å². The van der Waals surface area contributed by atoms with Gasteiger partial charge in [-0.15, -0.1) is 0 Å². The summed E-state index contributed by atoms with van der Waals surface area (Å²) in [6.07, 6.45) is 1.25. The van der Waals surface area contributed by atoms with Gasteiger partial charge in [-0.1, -0.05) is 30.3 Å². The average Bonchev–Trinajstić information content (AvgIpc) is 2.69. The lowest BCUT2D eigenvalue weighted by atomic mass is 9.73. The Morgan fingerprint density at radius 2 is 1.64 bits per heavy atom. The molecule has 2 aliphatic heterocycles. The third-order valence-electron chi connectivity index (χ3n) is 5.15. The summed E-state index contributed by atoms with van der Waals surface area (Å²) in [6, 6.07) is 9.26. The molecule has 0 saturated carbocycles. The first kappa shape index (κ1) is 17.9. The van der Waals surface area contributed by atoms with Gasteiger partial charge in [-0.3, -0.25) is 9.59 Å². The molecule has 0 aliphatic carbocycles. The smallest absolute Gasteiger partial charge is 0.245 e. The maximum absolute atomic E-state index is 13.2. The van der Waals surface area contributed by atoms with Gasteiger partial charge in [0.15, 0.2) is 0 Å². The summed E-state index contributed by atoms with van der Waals surface area (Å²) in [6.45, 7) is 5.12. The molecule has 0 bridgehead atoms. The monoisotopic (exact) mass is 346 g/mol. The standard InChI is InChI=1S/C19H26N2O4/c1-15(17(22)21-9-13-25-14-10-21)20-18(23)19(7-11-24-12-8-19)16-5-3-2-4-6-16/h2-6,15H,7-14H2,1H3,(H,20,23)/t15-/m1/s1. The number of carbonyl (C=O) groups is 2. The minimum Gasteiger partial charge on any atom is -0.381 e. The van der Waals surface area contributed by atoms with E-state index in [4.69, 9.17) is 9.47 Å². The van der Waals surface area contributed by atoms with Crippen molar-refractivity contribution in [2.24, 2.45) is 0 Å². The molecule has 1 atom stereocenters. The van der Waals surface area contributed by atoms with E-state index < -0.39 is 11.5 Å². The number of hydrogen-bond acceptors (Lipinski definition) is 4. The highest BCUT2D eigenvalue weighted by molar-refractivity contribution is 5.93. The molecule has 6 nitrogen and oxygen atoms in total. The number of carbonyl (C=O) groups excluding carboxylic acids is 2. The van der Waals surface area contributed by atoms with E-state index in [9.17, 15) is 9.59 Å². The van der Waals surface area contributed by atoms with Crippen molar-refractivity contribution >= 4 is 11.8 Å². The molecule has 136 valence electrons. The average molecular weight is 346 g/mol. The highest BCUT2D eigenvalue weighted by Gasteiger charge is 2.42. The van der Waals surface area contributed by atoms with Crippen molar-refractivity contribution in [3.8, 4) is 0 Å². The summed E-state index contributed by atoms with van der Waals surface area (Å²) >= 11 is 0. The number of ether oxygens (including phenoxy) is 2. The largest absolute Gasteiger partial charge is 0.381 e. The van der Waals surface area contributed by atoms with Crippen LogP contribution in [0, 0.1) is 0 Å². The third-order valence-corrected chi connectivity index (χ3v) is 5.15. The topological polar surface area (TPSA) is 67.9 Å². The lowest BCUT2D eigenvalue weighted by Gasteiger charge is -2.37. The first-order valence-electron chi connectivity index (χ1n) is 8.94. The Labute approximate surface area is 148 Å². The predicted octanol–water partition coefficient (Wildman–Crippen LogP) is 1.10. The van der Waals surface area contributed by atoms with E-state index in [0.717, 1.165) is 5.56 Å². The van der Waals surface area contributed by atoms with Gasteiger partial charge in [0.1, 0.15) is 6.04 Å². The van der Waals surface area contributed by atoms with Gasteiger partial charge < -0.3 is 19.7 Å². The van der Waals surface area contributed by atoms with E-state index in [-0.39, 0.29) is 11.8 Å². The molecule has 2 heterocycles. The van der Waals surface area contributed by atoms with Crippen LogP contribution < -0.4 is 5.32 Å². The van der Waals surface area contributed by atoms with Crippen LogP contribution >= 0.6 is 0 Å². The maximum Gasteiger partial charge on any atom is 0.245 e. The van der Waals surface area contributed by atoms with Gasteiger partial charge in [-0.25, -0.2) is 0 Å². The van der Waals surface area contributed by atoms with Crippen LogP contribution in [0.1, 0.15) is 25.3 Å². The van der Waals surface area contributed by atoms with Crippen molar-refractivity contribution in [2.75, 3.05) is 39.5 Å². The number of morpholine rings is 1. The first-order valence-corrected chi connectivity index (χ1v) is 8.94. The Hall–Kier alpha value is -1.92. The van der Waals surface area contributed by atoms with Gasteiger partial charge in [0.25, 0.3) is 0 Å². The van der Waals surface area contributed by atoms with Crippen LogP contribution in [-0.2, 0) is 24.5 Å². The SMILES string of the molecule is C[C@@H](NC(=O)C1(c2ccccc2)CCOCC1)C(=O)N1CCOCC1. The van der Waals surface area contributed by atoms with Crippen molar-refractivity contribution in [2.45, 2.75) is 31.2 Å². The van der Waals surface area contributed by atoms with E-state index in [1.807, 2.05) is 30.3 Å². The van der Waals surface area contributed by atoms with Crippen molar-refractivity contribution < 1.29 is 19.1 Å². The Morgan fingerprint density at radius 3 is 2.28 bits per heavy atom. The molecule has 0 spiro atoms. The molecule has 2 saturated heterocycles. The fourth-order valence-corrected chi connectivity index (χ4v) is 3.58. The van der Waals surface area contributed by atoms with E-state index in [1.54, 1.807) is 11.8 Å². The fraction of sp³-hybridized carbons (Fsp3) is 0.579. The lowest BCUT2D eigenvalue weighted by Crippen LogP contribution is -2.55. The number of nitrogens with one attached hydrogen (secondary N) is 1. The normalized spacial score (nSPS) is 21.4.